The summed E-state index contributed by atoms with van der Waals surface area (Å²) in [6.45, 7) is 3.88. The van der Waals surface area contributed by atoms with Crippen LogP contribution in [0.1, 0.15) is 18.2 Å². The summed E-state index contributed by atoms with van der Waals surface area (Å²) in [6.07, 6.45) is 1.64. The number of hydrogen-bond donors (Lipinski definition) is 2. The molecule has 0 fully saturated rings. The van der Waals surface area contributed by atoms with E-state index in [1.54, 1.807) is 6.26 Å². The summed E-state index contributed by atoms with van der Waals surface area (Å²) in [5, 5.41) is 6.37. The molecule has 1 aromatic carbocycles. The summed E-state index contributed by atoms with van der Waals surface area (Å²) in [5.74, 6) is 2.69. The lowest BCUT2D eigenvalue weighted by atomic mass is 10.2. The van der Waals surface area contributed by atoms with Crippen LogP contribution in [-0.4, -0.2) is 29.0 Å². The lowest BCUT2D eigenvalue weighted by molar-refractivity contribution is 0.512. The third kappa shape index (κ3) is 7.96. The molecule has 2 aromatic rings. The number of nitrogens with one attached hydrogen (secondary N) is 2. The van der Waals surface area contributed by atoms with Crippen LogP contribution >= 0.6 is 24.0 Å². The number of guanidine groups is 1. The molecule has 0 bridgehead atoms. The minimum atomic E-state index is -0.889. The second kappa shape index (κ2) is 12.1. The summed E-state index contributed by atoms with van der Waals surface area (Å²) in [5.41, 5.74) is 1.10. The molecule has 0 spiro atoms. The van der Waals surface area contributed by atoms with E-state index in [9.17, 15) is 4.21 Å². The van der Waals surface area contributed by atoms with Crippen molar-refractivity contribution in [2.75, 3.05) is 18.8 Å². The maximum Gasteiger partial charge on any atom is 0.191 e. The van der Waals surface area contributed by atoms with E-state index in [2.05, 4.69) is 15.6 Å². The number of hydrogen-bond acceptors (Lipinski definition) is 3. The third-order valence-electron chi connectivity index (χ3n) is 3.11. The molecule has 0 saturated carbocycles. The van der Waals surface area contributed by atoms with Crippen molar-refractivity contribution < 1.29 is 8.63 Å². The van der Waals surface area contributed by atoms with Gasteiger partial charge < -0.3 is 15.1 Å². The normalized spacial score (nSPS) is 12.3. The molecule has 0 aliphatic carbocycles. The Balaban J connectivity index is 0.00000288. The zero-order valence-corrected chi connectivity index (χ0v) is 16.9. The largest absolute Gasteiger partial charge is 0.467 e. The van der Waals surface area contributed by atoms with Crippen LogP contribution in [0.3, 0.4) is 0 Å². The molecule has 1 aromatic heterocycles. The van der Waals surface area contributed by atoms with Gasteiger partial charge in [0.1, 0.15) is 12.3 Å². The van der Waals surface area contributed by atoms with E-state index in [-0.39, 0.29) is 24.0 Å². The van der Waals surface area contributed by atoms with Gasteiger partial charge in [-0.05, 0) is 24.6 Å². The quantitative estimate of drug-likeness (QED) is 0.361. The zero-order chi connectivity index (χ0) is 16.3. The van der Waals surface area contributed by atoms with Crippen molar-refractivity contribution in [1.29, 1.82) is 0 Å². The van der Waals surface area contributed by atoms with E-state index >= 15 is 0 Å². The van der Waals surface area contributed by atoms with Crippen molar-refractivity contribution in [3.05, 3.63) is 60.1 Å². The number of aliphatic imine (C=N–C) groups is 1. The van der Waals surface area contributed by atoms with Gasteiger partial charge in [0.15, 0.2) is 5.96 Å². The average molecular weight is 461 g/mol. The number of benzene rings is 1. The van der Waals surface area contributed by atoms with Crippen LogP contribution in [0.4, 0.5) is 0 Å². The molecule has 0 radical (unpaired) electrons. The first-order chi connectivity index (χ1) is 11.3. The molecule has 0 aliphatic rings. The highest BCUT2D eigenvalue weighted by atomic mass is 127. The van der Waals surface area contributed by atoms with Crippen molar-refractivity contribution in [3.63, 3.8) is 0 Å². The second-order valence-corrected chi connectivity index (χ2v) is 6.55. The van der Waals surface area contributed by atoms with Crippen molar-refractivity contribution in [3.8, 4) is 0 Å². The zero-order valence-electron chi connectivity index (χ0n) is 13.7. The standard InChI is InChI=1S/C17H23N3O2S.HI/c1-2-18-17(20-13-16-9-6-11-22-16)19-10-12-23(21)14-15-7-4-3-5-8-15;/h3-9,11H,2,10,12-14H2,1H3,(H2,18,19,20);1H. The molecule has 1 atom stereocenters. The Kier molecular flexibility index (Phi) is 10.4. The van der Waals surface area contributed by atoms with Gasteiger partial charge in [-0.1, -0.05) is 30.3 Å². The number of rotatable bonds is 8. The van der Waals surface area contributed by atoms with Gasteiger partial charge in [0, 0.05) is 35.4 Å². The molecule has 2 N–H and O–H groups in total. The van der Waals surface area contributed by atoms with Gasteiger partial charge in [0.25, 0.3) is 0 Å². The fourth-order valence-electron chi connectivity index (χ4n) is 2.02. The number of furan rings is 1. The highest BCUT2D eigenvalue weighted by molar-refractivity contribution is 14.0. The summed E-state index contributed by atoms with van der Waals surface area (Å²) >= 11 is 0. The first kappa shape index (κ1) is 20.7. The smallest absolute Gasteiger partial charge is 0.191 e. The van der Waals surface area contributed by atoms with E-state index in [1.165, 1.54) is 0 Å². The molecular formula is C17H24IN3O2S. The topological polar surface area (TPSA) is 66.6 Å². The van der Waals surface area contributed by atoms with E-state index in [1.807, 2.05) is 49.4 Å². The fourth-order valence-corrected chi connectivity index (χ4v) is 3.06. The minimum Gasteiger partial charge on any atom is -0.467 e. The lowest BCUT2D eigenvalue weighted by Gasteiger charge is -2.10. The van der Waals surface area contributed by atoms with Gasteiger partial charge in [0.05, 0.1) is 6.26 Å². The van der Waals surface area contributed by atoms with Crippen LogP contribution in [0, 0.1) is 0 Å². The van der Waals surface area contributed by atoms with Crippen LogP contribution in [-0.2, 0) is 23.1 Å². The maximum absolute atomic E-state index is 12.1. The van der Waals surface area contributed by atoms with Crippen molar-refractivity contribution in [2.45, 2.75) is 19.2 Å². The Bertz CT molecular complexity index is 618. The van der Waals surface area contributed by atoms with Gasteiger partial charge in [-0.25, -0.2) is 4.99 Å². The second-order valence-electron chi connectivity index (χ2n) is 4.98. The summed E-state index contributed by atoms with van der Waals surface area (Å²) in [6, 6.07) is 13.6. The molecule has 7 heteroatoms. The highest BCUT2D eigenvalue weighted by Gasteiger charge is 2.03. The molecule has 0 amide bonds. The van der Waals surface area contributed by atoms with Crippen LogP contribution < -0.4 is 10.6 Å². The fraction of sp³-hybridized carbons (Fsp3) is 0.353. The first-order valence-corrected chi connectivity index (χ1v) is 9.20. The van der Waals surface area contributed by atoms with Gasteiger partial charge in [-0.15, -0.1) is 24.0 Å². The van der Waals surface area contributed by atoms with Crippen LogP contribution in [0.15, 0.2) is 58.1 Å². The van der Waals surface area contributed by atoms with Crippen LogP contribution in [0.25, 0.3) is 0 Å². The monoisotopic (exact) mass is 461 g/mol. The molecule has 5 nitrogen and oxygen atoms in total. The molecule has 0 aliphatic heterocycles. The molecular weight excluding hydrogens is 437 g/mol. The molecule has 0 saturated heterocycles. The molecule has 1 heterocycles. The van der Waals surface area contributed by atoms with Gasteiger partial charge in [-0.2, -0.15) is 0 Å². The predicted molar refractivity (Wildman–Crippen MR) is 110 cm³/mol. The van der Waals surface area contributed by atoms with E-state index < -0.39 is 10.8 Å². The molecule has 132 valence electrons. The third-order valence-corrected chi connectivity index (χ3v) is 4.42. The Morgan fingerprint density at radius 2 is 1.96 bits per heavy atom. The van der Waals surface area contributed by atoms with E-state index in [4.69, 9.17) is 4.42 Å². The predicted octanol–water partition coefficient (Wildman–Crippen LogP) is 2.90. The van der Waals surface area contributed by atoms with Crippen LogP contribution in [0.2, 0.25) is 0 Å². The van der Waals surface area contributed by atoms with Crippen molar-refractivity contribution >= 4 is 40.7 Å². The van der Waals surface area contributed by atoms with Gasteiger partial charge >= 0.3 is 0 Å². The molecule has 2 rings (SSSR count). The lowest BCUT2D eigenvalue weighted by Crippen LogP contribution is -2.39. The van der Waals surface area contributed by atoms with E-state index in [0.717, 1.165) is 17.9 Å². The average Bonchev–Trinajstić information content (AvgIpc) is 3.07. The van der Waals surface area contributed by atoms with Gasteiger partial charge in [0.2, 0.25) is 0 Å². The Morgan fingerprint density at radius 3 is 2.62 bits per heavy atom. The van der Waals surface area contributed by atoms with Crippen molar-refractivity contribution in [2.24, 2.45) is 4.99 Å². The minimum absolute atomic E-state index is 0. The SMILES string of the molecule is CCNC(=NCc1ccco1)NCCS(=O)Cc1ccccc1.I. The molecule has 1 unspecified atom stereocenters. The van der Waals surface area contributed by atoms with E-state index in [0.29, 0.717) is 30.6 Å². The van der Waals surface area contributed by atoms with Crippen molar-refractivity contribution in [1.82, 2.24) is 10.6 Å². The Hall–Kier alpha value is -1.35. The first-order valence-electron chi connectivity index (χ1n) is 7.71. The summed E-state index contributed by atoms with van der Waals surface area (Å²) in [4.78, 5) is 4.44. The number of halogens is 1. The number of nitrogens with zero attached hydrogens (tertiary/aromatic N) is 1. The molecule has 24 heavy (non-hydrogen) atoms. The maximum atomic E-state index is 12.1. The summed E-state index contributed by atoms with van der Waals surface area (Å²) in [7, 11) is -0.889. The highest BCUT2D eigenvalue weighted by Crippen LogP contribution is 2.03. The Morgan fingerprint density at radius 1 is 1.17 bits per heavy atom. The Labute approximate surface area is 162 Å². The van der Waals surface area contributed by atoms with Gasteiger partial charge in [-0.3, -0.25) is 4.21 Å². The summed E-state index contributed by atoms with van der Waals surface area (Å²) < 4.78 is 17.4. The van der Waals surface area contributed by atoms with Crippen LogP contribution in [0.5, 0.6) is 0 Å².